The predicted octanol–water partition coefficient (Wildman–Crippen LogP) is 12.8. The monoisotopic (exact) mass is 706 g/mol. The van der Waals surface area contributed by atoms with E-state index in [4.69, 9.17) is 9.47 Å². The number of rotatable bonds is 8. The van der Waals surface area contributed by atoms with Crippen LogP contribution in [0.3, 0.4) is 0 Å². The lowest BCUT2D eigenvalue weighted by Crippen LogP contribution is -2.49. The number of methoxy groups -OCH3 is 1. The van der Waals surface area contributed by atoms with Crippen LogP contribution >= 0.6 is 0 Å². The van der Waals surface area contributed by atoms with Gasteiger partial charge in [0.1, 0.15) is 18.1 Å². The molecular formula is C49H58O2Si. The van der Waals surface area contributed by atoms with Crippen molar-refractivity contribution >= 4 is 13.3 Å². The molecule has 0 aromatic heterocycles. The first-order valence-corrected chi connectivity index (χ1v) is 21.9. The summed E-state index contributed by atoms with van der Waals surface area (Å²) < 4.78 is 12.7. The normalized spacial score (nSPS) is 13.5. The van der Waals surface area contributed by atoms with E-state index in [1.807, 2.05) is 6.08 Å². The second kappa shape index (κ2) is 13.6. The summed E-state index contributed by atoms with van der Waals surface area (Å²) in [5, 5.41) is 1.28. The van der Waals surface area contributed by atoms with E-state index in [-0.39, 0.29) is 21.8 Å². The Morgan fingerprint density at radius 1 is 0.615 bits per heavy atom. The third-order valence-corrected chi connectivity index (χ3v) is 14.8. The molecule has 270 valence electrons. The number of hydrogen-bond acceptors (Lipinski definition) is 2. The molecule has 0 atom stereocenters. The molecule has 52 heavy (non-hydrogen) atoms. The summed E-state index contributed by atoms with van der Waals surface area (Å²) in [6.07, 6.45) is 1.85. The number of fused-ring (bicyclic) bond motifs is 3. The molecule has 2 nitrogen and oxygen atoms in total. The van der Waals surface area contributed by atoms with Crippen LogP contribution < -0.4 is 14.7 Å². The van der Waals surface area contributed by atoms with Gasteiger partial charge < -0.3 is 9.47 Å². The zero-order valence-electron chi connectivity index (χ0n) is 33.6. The summed E-state index contributed by atoms with van der Waals surface area (Å²) in [6, 6.07) is 37.0. The summed E-state index contributed by atoms with van der Waals surface area (Å²) in [5.74, 6) is 1.87. The molecule has 0 saturated carbocycles. The first-order chi connectivity index (χ1) is 24.3. The van der Waals surface area contributed by atoms with Gasteiger partial charge in [0.05, 0.1) is 15.2 Å². The zero-order valence-corrected chi connectivity index (χ0v) is 34.6. The van der Waals surface area contributed by atoms with E-state index in [1.54, 1.807) is 7.11 Å². The van der Waals surface area contributed by atoms with Crippen LogP contribution in [-0.4, -0.2) is 21.8 Å². The van der Waals surface area contributed by atoms with Crippen molar-refractivity contribution < 1.29 is 9.47 Å². The average Bonchev–Trinajstić information content (AvgIpc) is 3.43. The third kappa shape index (κ3) is 7.05. The van der Waals surface area contributed by atoms with E-state index in [9.17, 15) is 0 Å². The van der Waals surface area contributed by atoms with Gasteiger partial charge in [-0.1, -0.05) is 173 Å². The summed E-state index contributed by atoms with van der Waals surface area (Å²) in [4.78, 5) is 0. The summed E-state index contributed by atoms with van der Waals surface area (Å²) in [6.45, 7) is 30.0. The molecule has 0 spiro atoms. The van der Waals surface area contributed by atoms with Crippen LogP contribution in [0.15, 0.2) is 110 Å². The van der Waals surface area contributed by atoms with Crippen LogP contribution in [0.1, 0.15) is 95.7 Å². The molecule has 1 aliphatic rings. The van der Waals surface area contributed by atoms with Crippen molar-refractivity contribution in [1.82, 2.24) is 0 Å². The zero-order chi connectivity index (χ0) is 37.8. The Labute approximate surface area is 315 Å². The molecule has 5 aromatic carbocycles. The fourth-order valence-corrected chi connectivity index (χ4v) is 11.6. The minimum atomic E-state index is -2.47. The van der Waals surface area contributed by atoms with Crippen molar-refractivity contribution in [2.75, 3.05) is 13.7 Å². The Bertz CT molecular complexity index is 2020. The standard InChI is InChI=1S/C49H58O2Si/c1-14-25-51-45-43(49(8,9)10)30-38(50-11)31-44(45)52(12,13)46-41-28-34(32-17-15-19-36(26-32)47(2,3)4)21-23-39(41)40-24-22-35(29-42(40)46)33-18-16-20-37(27-33)48(5,6)7/h14-24,26-31,46H,1,25H2,2-13H3. The Morgan fingerprint density at radius 2 is 1.10 bits per heavy atom. The van der Waals surface area contributed by atoms with E-state index >= 15 is 0 Å². The summed E-state index contributed by atoms with van der Waals surface area (Å²) in [7, 11) is -0.692. The van der Waals surface area contributed by atoms with E-state index in [1.165, 1.54) is 66.4 Å². The predicted molar refractivity (Wildman–Crippen MR) is 226 cm³/mol. The molecule has 1 aliphatic carbocycles. The maximum absolute atomic E-state index is 6.70. The van der Waals surface area contributed by atoms with Crippen molar-refractivity contribution in [3.8, 4) is 44.9 Å². The first-order valence-electron chi connectivity index (χ1n) is 18.8. The highest BCUT2D eigenvalue weighted by Gasteiger charge is 2.45. The van der Waals surface area contributed by atoms with Gasteiger partial charge in [-0.2, -0.15) is 0 Å². The highest BCUT2D eigenvalue weighted by molar-refractivity contribution is 6.92. The average molecular weight is 707 g/mol. The van der Waals surface area contributed by atoms with Crippen molar-refractivity contribution in [2.24, 2.45) is 0 Å². The minimum absolute atomic E-state index is 0.0695. The molecule has 0 amide bonds. The Balaban J connectivity index is 1.62. The van der Waals surface area contributed by atoms with Gasteiger partial charge in [-0.05, 0) is 89.2 Å². The van der Waals surface area contributed by atoms with Crippen LogP contribution in [0.5, 0.6) is 11.5 Å². The molecular weight excluding hydrogens is 649 g/mol. The van der Waals surface area contributed by atoms with Crippen LogP contribution in [0.4, 0.5) is 0 Å². The van der Waals surface area contributed by atoms with Crippen LogP contribution in [0.2, 0.25) is 13.1 Å². The lowest BCUT2D eigenvalue weighted by Gasteiger charge is -2.36. The van der Waals surface area contributed by atoms with Gasteiger partial charge in [-0.15, -0.1) is 0 Å². The number of ether oxygens (including phenoxy) is 2. The van der Waals surface area contributed by atoms with Crippen molar-refractivity contribution in [1.29, 1.82) is 0 Å². The second-order valence-corrected chi connectivity index (χ2v) is 22.9. The van der Waals surface area contributed by atoms with Crippen LogP contribution in [0.25, 0.3) is 33.4 Å². The molecule has 5 aromatic rings. The Hall–Kier alpha value is -4.34. The highest BCUT2D eigenvalue weighted by Crippen LogP contribution is 2.52. The fraction of sp³-hybridized carbons (Fsp3) is 0.347. The van der Waals surface area contributed by atoms with Gasteiger partial charge in [0.25, 0.3) is 0 Å². The van der Waals surface area contributed by atoms with Gasteiger partial charge >= 0.3 is 0 Å². The number of hydrogen-bond donors (Lipinski definition) is 0. The molecule has 0 unspecified atom stereocenters. The van der Waals surface area contributed by atoms with Crippen molar-refractivity contribution in [2.45, 2.75) is 97.2 Å². The maximum atomic E-state index is 6.70. The van der Waals surface area contributed by atoms with E-state index in [2.05, 4.69) is 179 Å². The lowest BCUT2D eigenvalue weighted by molar-refractivity contribution is 0.351. The lowest BCUT2D eigenvalue weighted by atomic mass is 9.85. The van der Waals surface area contributed by atoms with E-state index in [0.29, 0.717) is 6.61 Å². The summed E-state index contributed by atoms with van der Waals surface area (Å²) in [5.41, 5.74) is 14.5. The number of benzene rings is 5. The third-order valence-electron chi connectivity index (χ3n) is 11.0. The molecule has 0 fully saturated rings. The van der Waals surface area contributed by atoms with Gasteiger partial charge in [0.15, 0.2) is 0 Å². The Kier molecular flexibility index (Phi) is 9.76. The quantitative estimate of drug-likeness (QED) is 0.118. The van der Waals surface area contributed by atoms with Gasteiger partial charge in [-0.3, -0.25) is 0 Å². The van der Waals surface area contributed by atoms with Gasteiger partial charge in [0.2, 0.25) is 0 Å². The highest BCUT2D eigenvalue weighted by atomic mass is 28.3. The molecule has 0 N–H and O–H groups in total. The molecule has 0 saturated heterocycles. The molecule has 6 rings (SSSR count). The van der Waals surface area contributed by atoms with Gasteiger partial charge in [-0.25, -0.2) is 0 Å². The Morgan fingerprint density at radius 3 is 1.52 bits per heavy atom. The molecule has 0 heterocycles. The van der Waals surface area contributed by atoms with E-state index in [0.717, 1.165) is 11.5 Å². The molecule has 0 bridgehead atoms. The summed E-state index contributed by atoms with van der Waals surface area (Å²) >= 11 is 0. The maximum Gasteiger partial charge on any atom is 0.123 e. The van der Waals surface area contributed by atoms with E-state index < -0.39 is 8.07 Å². The second-order valence-electron chi connectivity index (χ2n) is 18.3. The van der Waals surface area contributed by atoms with Crippen LogP contribution in [0, 0.1) is 0 Å². The molecule has 0 aliphatic heterocycles. The van der Waals surface area contributed by atoms with Crippen molar-refractivity contribution in [3.05, 3.63) is 138 Å². The van der Waals surface area contributed by atoms with Gasteiger partial charge in [0, 0.05) is 11.1 Å². The first kappa shape index (κ1) is 37.4. The molecule has 3 heteroatoms. The fourth-order valence-electron chi connectivity index (χ4n) is 7.94. The minimum Gasteiger partial charge on any atom is -0.497 e. The van der Waals surface area contributed by atoms with Crippen LogP contribution in [-0.2, 0) is 16.2 Å². The smallest absolute Gasteiger partial charge is 0.123 e. The SMILES string of the molecule is C=CCOc1c(C(C)(C)C)cc(OC)cc1[Si](C)(C)C1c2cc(-c3cccc(C(C)(C)C)c3)ccc2-c2ccc(-c3cccc(C(C)(C)C)c3)cc21. The van der Waals surface area contributed by atoms with Crippen molar-refractivity contribution in [3.63, 3.8) is 0 Å². The topological polar surface area (TPSA) is 18.5 Å². The largest absolute Gasteiger partial charge is 0.497 e. The molecule has 0 radical (unpaired) electrons.